The number of halogens is 3. The Labute approximate surface area is 169 Å². The summed E-state index contributed by atoms with van der Waals surface area (Å²) < 4.78 is 41.6. The van der Waals surface area contributed by atoms with Crippen LogP contribution < -0.4 is 5.01 Å². The lowest BCUT2D eigenvalue weighted by molar-refractivity contribution is -0.102. The van der Waals surface area contributed by atoms with Crippen LogP contribution in [0, 0.1) is 23.4 Å². The second kappa shape index (κ2) is 11.2. The van der Waals surface area contributed by atoms with Crippen molar-refractivity contribution in [2.45, 2.75) is 39.5 Å². The van der Waals surface area contributed by atoms with Gasteiger partial charge in [0.15, 0.2) is 12.1 Å². The van der Waals surface area contributed by atoms with E-state index in [1.807, 2.05) is 6.07 Å². The molecule has 0 spiro atoms. The molecule has 2 rings (SSSR count). The predicted octanol–water partition coefficient (Wildman–Crippen LogP) is 6.05. The summed E-state index contributed by atoms with van der Waals surface area (Å²) in [6, 6.07) is 9.56. The summed E-state index contributed by atoms with van der Waals surface area (Å²) >= 11 is 0. The molecule has 154 valence electrons. The number of hydrogen-bond acceptors (Lipinski definition) is 3. The van der Waals surface area contributed by atoms with Crippen LogP contribution in [0.4, 0.5) is 18.9 Å². The first-order valence-electron chi connectivity index (χ1n) is 9.63. The summed E-state index contributed by atoms with van der Waals surface area (Å²) in [7, 11) is 0. The highest BCUT2D eigenvalue weighted by Gasteiger charge is 2.23. The average molecular weight is 402 g/mol. The maximum Gasteiger partial charge on any atom is 0.162 e. The molecule has 3 nitrogen and oxygen atoms in total. The molecule has 0 aliphatic carbocycles. The van der Waals surface area contributed by atoms with Gasteiger partial charge in [0.1, 0.15) is 17.3 Å². The number of allylic oxidation sites excluding steroid dienone is 2. The van der Waals surface area contributed by atoms with Crippen LogP contribution in [-0.2, 0) is 11.2 Å². The molecule has 0 aliphatic heterocycles. The number of anilines is 1. The van der Waals surface area contributed by atoms with Crippen molar-refractivity contribution in [3.05, 3.63) is 77.3 Å². The van der Waals surface area contributed by atoms with E-state index >= 15 is 0 Å². The van der Waals surface area contributed by atoms with E-state index in [-0.39, 0.29) is 17.4 Å². The topological polar surface area (TPSA) is 32.7 Å². The molecule has 0 aliphatic rings. The Morgan fingerprint density at radius 1 is 1.14 bits per heavy atom. The van der Waals surface area contributed by atoms with Gasteiger partial charge in [-0.1, -0.05) is 38.0 Å². The second-order valence-corrected chi connectivity index (χ2v) is 6.69. The van der Waals surface area contributed by atoms with Gasteiger partial charge in [-0.05, 0) is 49.6 Å². The monoisotopic (exact) mass is 402 g/mol. The Bertz CT molecular complexity index is 880. The first-order valence-corrected chi connectivity index (χ1v) is 9.63. The number of unbranched alkanes of at least 4 members (excludes halogenated alkanes) is 1. The maximum absolute atomic E-state index is 14.5. The summed E-state index contributed by atoms with van der Waals surface area (Å²) in [5, 5.41) is 5.42. The van der Waals surface area contributed by atoms with Gasteiger partial charge >= 0.3 is 0 Å². The van der Waals surface area contributed by atoms with Gasteiger partial charge in [-0.25, -0.2) is 18.2 Å². The van der Waals surface area contributed by atoms with E-state index in [0.717, 1.165) is 43.2 Å². The number of hydrogen-bond donors (Lipinski definition) is 0. The number of rotatable bonds is 10. The Balaban J connectivity index is 2.46. The Morgan fingerprint density at radius 3 is 2.52 bits per heavy atom. The molecule has 0 radical (unpaired) electrons. The molecule has 1 unspecified atom stereocenters. The molecule has 6 heteroatoms. The van der Waals surface area contributed by atoms with Gasteiger partial charge in [0.2, 0.25) is 0 Å². The lowest BCUT2D eigenvalue weighted by atomic mass is 9.90. The Morgan fingerprint density at radius 2 is 1.90 bits per heavy atom. The number of aldehydes is 1. The van der Waals surface area contributed by atoms with Gasteiger partial charge in [0, 0.05) is 17.7 Å². The Hall–Kier alpha value is -2.89. The minimum atomic E-state index is -0.785. The van der Waals surface area contributed by atoms with Crippen molar-refractivity contribution in [3.8, 4) is 0 Å². The second-order valence-electron chi connectivity index (χ2n) is 6.69. The first kappa shape index (κ1) is 22.4. The van der Waals surface area contributed by atoms with Crippen molar-refractivity contribution < 1.29 is 18.0 Å². The number of carbonyl (C=O) groups excluding carboxylic acids is 1. The van der Waals surface area contributed by atoms with Crippen molar-refractivity contribution in [2.75, 3.05) is 5.01 Å². The zero-order valence-corrected chi connectivity index (χ0v) is 16.6. The zero-order valence-electron chi connectivity index (χ0n) is 16.6. The SMILES string of the molecule is C/C=C(\C(CCCC)Cc1cccc(F)c1)N(/N=C/C=O)c1ccc(F)cc1F. The van der Waals surface area contributed by atoms with E-state index < -0.39 is 11.6 Å². The number of nitrogens with zero attached hydrogens (tertiary/aromatic N) is 2. The van der Waals surface area contributed by atoms with Crippen molar-refractivity contribution in [1.29, 1.82) is 0 Å². The highest BCUT2D eigenvalue weighted by molar-refractivity contribution is 6.13. The molecule has 0 heterocycles. The van der Waals surface area contributed by atoms with Crippen molar-refractivity contribution in [1.82, 2.24) is 0 Å². The van der Waals surface area contributed by atoms with E-state index in [1.54, 1.807) is 19.1 Å². The first-order chi connectivity index (χ1) is 14.0. The van der Waals surface area contributed by atoms with Gasteiger partial charge < -0.3 is 0 Å². The minimum Gasteiger partial charge on any atom is -0.297 e. The summed E-state index contributed by atoms with van der Waals surface area (Å²) in [5.74, 6) is -1.91. The molecule has 0 amide bonds. The lowest BCUT2D eigenvalue weighted by Crippen LogP contribution is -2.25. The van der Waals surface area contributed by atoms with Crippen LogP contribution >= 0.6 is 0 Å². The Kier molecular flexibility index (Phi) is 8.65. The molecule has 29 heavy (non-hydrogen) atoms. The van der Waals surface area contributed by atoms with Gasteiger partial charge in [-0.2, -0.15) is 5.10 Å². The van der Waals surface area contributed by atoms with Crippen molar-refractivity contribution >= 4 is 18.2 Å². The third-order valence-corrected chi connectivity index (χ3v) is 4.62. The normalized spacial score (nSPS) is 12.9. The summed E-state index contributed by atoms with van der Waals surface area (Å²) in [5.41, 5.74) is 1.51. The van der Waals surface area contributed by atoms with Crippen LogP contribution in [0.2, 0.25) is 0 Å². The molecule has 0 N–H and O–H groups in total. The number of benzene rings is 2. The largest absolute Gasteiger partial charge is 0.297 e. The van der Waals surface area contributed by atoms with Gasteiger partial charge in [0.05, 0.1) is 6.21 Å². The smallest absolute Gasteiger partial charge is 0.162 e. The van der Waals surface area contributed by atoms with E-state index in [1.165, 1.54) is 23.2 Å². The summed E-state index contributed by atoms with van der Waals surface area (Å²) in [6.45, 7) is 3.86. The molecular formula is C23H25F3N2O. The van der Waals surface area contributed by atoms with Crippen molar-refractivity contribution in [3.63, 3.8) is 0 Å². The fourth-order valence-electron chi connectivity index (χ4n) is 3.30. The zero-order chi connectivity index (χ0) is 21.2. The third kappa shape index (κ3) is 6.31. The molecule has 0 fully saturated rings. The van der Waals surface area contributed by atoms with Gasteiger partial charge in [-0.3, -0.25) is 4.79 Å². The number of carbonyl (C=O) groups is 1. The maximum atomic E-state index is 14.5. The van der Waals surface area contributed by atoms with E-state index in [9.17, 15) is 18.0 Å². The van der Waals surface area contributed by atoms with E-state index in [0.29, 0.717) is 18.4 Å². The predicted molar refractivity (Wildman–Crippen MR) is 110 cm³/mol. The molecule has 0 aromatic heterocycles. The molecule has 0 saturated carbocycles. The average Bonchev–Trinajstić information content (AvgIpc) is 2.69. The lowest BCUT2D eigenvalue weighted by Gasteiger charge is -2.29. The fraction of sp³-hybridized carbons (Fsp3) is 0.304. The molecular weight excluding hydrogens is 377 g/mol. The molecule has 0 bridgehead atoms. The quantitative estimate of drug-likeness (QED) is 0.275. The van der Waals surface area contributed by atoms with Crippen LogP contribution in [-0.4, -0.2) is 12.5 Å². The summed E-state index contributed by atoms with van der Waals surface area (Å²) in [6.07, 6.45) is 6.47. The third-order valence-electron chi connectivity index (χ3n) is 4.62. The highest BCUT2D eigenvalue weighted by atomic mass is 19.1. The van der Waals surface area contributed by atoms with E-state index in [2.05, 4.69) is 12.0 Å². The van der Waals surface area contributed by atoms with Gasteiger partial charge in [-0.15, -0.1) is 0 Å². The van der Waals surface area contributed by atoms with Crippen LogP contribution in [0.15, 0.2) is 59.3 Å². The molecule has 0 saturated heterocycles. The molecule has 2 aromatic carbocycles. The van der Waals surface area contributed by atoms with Crippen LogP contribution in [0.1, 0.15) is 38.7 Å². The highest BCUT2D eigenvalue weighted by Crippen LogP contribution is 2.32. The van der Waals surface area contributed by atoms with Crippen LogP contribution in [0.5, 0.6) is 0 Å². The van der Waals surface area contributed by atoms with Crippen molar-refractivity contribution in [2.24, 2.45) is 11.0 Å². The van der Waals surface area contributed by atoms with Gasteiger partial charge in [0.25, 0.3) is 0 Å². The summed E-state index contributed by atoms with van der Waals surface area (Å²) in [4.78, 5) is 10.9. The molecule has 1 atom stereocenters. The standard InChI is InChI=1S/C23H25F3N2O/c1-3-5-8-18(14-17-7-6-9-19(24)15-17)22(4-2)28(27-12-13-29)23-11-10-20(25)16-21(23)26/h4,6-7,9-13,15-16,18H,3,5,8,14H2,1-2H3/b22-4+,27-12+. The minimum absolute atomic E-state index is 0.0401. The van der Waals surface area contributed by atoms with Crippen LogP contribution in [0.3, 0.4) is 0 Å². The molecule has 2 aromatic rings. The van der Waals surface area contributed by atoms with Crippen LogP contribution in [0.25, 0.3) is 0 Å². The number of hydrazone groups is 1. The van der Waals surface area contributed by atoms with E-state index in [4.69, 9.17) is 0 Å². The fourth-order valence-corrected chi connectivity index (χ4v) is 3.30.